The van der Waals surface area contributed by atoms with E-state index < -0.39 is 24.0 Å². The summed E-state index contributed by atoms with van der Waals surface area (Å²) >= 11 is 0. The Bertz CT molecular complexity index is 473. The fourth-order valence-electron chi connectivity index (χ4n) is 1.39. The second-order valence-corrected chi connectivity index (χ2v) is 4.01. The average Bonchev–Trinajstić information content (AvgIpc) is 2.28. The summed E-state index contributed by atoms with van der Waals surface area (Å²) in [7, 11) is 0. The predicted octanol–water partition coefficient (Wildman–Crippen LogP) is -0.343. The van der Waals surface area contributed by atoms with E-state index >= 15 is 0 Å². The van der Waals surface area contributed by atoms with Gasteiger partial charge in [0.25, 0.3) is 5.91 Å². The number of aliphatic hydroxyl groups is 1. The summed E-state index contributed by atoms with van der Waals surface area (Å²) in [6.07, 6.45) is -1.19. The van der Waals surface area contributed by atoms with Crippen LogP contribution in [0, 0.1) is 13.8 Å². The lowest BCUT2D eigenvalue weighted by Crippen LogP contribution is -2.47. The first-order chi connectivity index (χ1) is 8.32. The molecule has 0 bridgehead atoms. The average molecular weight is 253 g/mol. The predicted molar refractivity (Wildman–Crippen MR) is 62.1 cm³/mol. The van der Waals surface area contributed by atoms with Gasteiger partial charge < -0.3 is 15.5 Å². The molecule has 1 rings (SSSR count). The van der Waals surface area contributed by atoms with E-state index in [0.717, 1.165) is 0 Å². The Morgan fingerprint density at radius 3 is 2.44 bits per heavy atom. The van der Waals surface area contributed by atoms with Crippen LogP contribution < -0.4 is 5.32 Å². The molecule has 18 heavy (non-hydrogen) atoms. The highest BCUT2D eigenvalue weighted by molar-refractivity contribution is 5.97. The normalized spacial score (nSPS) is 13.8. The van der Waals surface area contributed by atoms with Gasteiger partial charge in [-0.05, 0) is 26.8 Å². The first kappa shape index (κ1) is 14.0. The molecule has 0 radical (unpaired) electrons. The zero-order valence-electron chi connectivity index (χ0n) is 10.3. The molecule has 2 atom stereocenters. The maximum absolute atomic E-state index is 11.9. The minimum Gasteiger partial charge on any atom is -0.480 e. The maximum Gasteiger partial charge on any atom is 0.328 e. The molecule has 98 valence electrons. The Kier molecular flexibility index (Phi) is 4.33. The Balaban J connectivity index is 2.94. The molecule has 0 spiro atoms. The quantitative estimate of drug-likeness (QED) is 0.676. The Morgan fingerprint density at radius 1 is 1.33 bits per heavy atom. The van der Waals surface area contributed by atoms with Crippen LogP contribution in [-0.2, 0) is 4.79 Å². The second kappa shape index (κ2) is 5.54. The number of aromatic nitrogens is 2. The second-order valence-electron chi connectivity index (χ2n) is 4.01. The van der Waals surface area contributed by atoms with Gasteiger partial charge >= 0.3 is 5.97 Å². The molecule has 3 N–H and O–H groups in total. The van der Waals surface area contributed by atoms with E-state index in [9.17, 15) is 14.7 Å². The molecule has 0 fully saturated rings. The number of amides is 1. The third kappa shape index (κ3) is 3.24. The minimum absolute atomic E-state index is 0.245. The SMILES string of the molecule is Cc1cc(C(=O)N[C@H](C(=O)O)[C@@H](C)O)c(C)nn1. The summed E-state index contributed by atoms with van der Waals surface area (Å²) in [4.78, 5) is 22.7. The Hall–Kier alpha value is -2.02. The molecule has 0 saturated heterocycles. The summed E-state index contributed by atoms with van der Waals surface area (Å²) in [6, 6.07) is 0.156. The molecule has 0 aliphatic rings. The molecule has 0 aromatic carbocycles. The van der Waals surface area contributed by atoms with Crippen molar-refractivity contribution >= 4 is 11.9 Å². The fourth-order valence-corrected chi connectivity index (χ4v) is 1.39. The minimum atomic E-state index is -1.36. The zero-order valence-corrected chi connectivity index (χ0v) is 10.3. The van der Waals surface area contributed by atoms with E-state index in [0.29, 0.717) is 11.4 Å². The molecule has 0 aliphatic carbocycles. The van der Waals surface area contributed by atoms with Crippen LogP contribution in [-0.4, -0.2) is 44.4 Å². The van der Waals surface area contributed by atoms with Gasteiger partial charge in [-0.2, -0.15) is 10.2 Å². The number of aliphatic carboxylic acids is 1. The van der Waals surface area contributed by atoms with Crippen LogP contribution in [0.2, 0.25) is 0 Å². The van der Waals surface area contributed by atoms with E-state index in [1.54, 1.807) is 13.8 Å². The largest absolute Gasteiger partial charge is 0.480 e. The molecular formula is C11H15N3O4. The van der Waals surface area contributed by atoms with E-state index in [2.05, 4.69) is 15.5 Å². The molecule has 1 aromatic rings. The molecule has 7 nitrogen and oxygen atoms in total. The van der Waals surface area contributed by atoms with Gasteiger partial charge in [0, 0.05) is 0 Å². The number of carboxylic acids is 1. The molecule has 1 amide bonds. The number of aryl methyl sites for hydroxylation is 2. The molecule has 0 aliphatic heterocycles. The third-order valence-corrected chi connectivity index (χ3v) is 2.38. The highest BCUT2D eigenvalue weighted by Gasteiger charge is 2.26. The van der Waals surface area contributed by atoms with E-state index in [4.69, 9.17) is 5.11 Å². The third-order valence-electron chi connectivity index (χ3n) is 2.38. The molecule has 0 unspecified atom stereocenters. The van der Waals surface area contributed by atoms with E-state index in [-0.39, 0.29) is 5.56 Å². The van der Waals surface area contributed by atoms with Crippen LogP contribution in [0.25, 0.3) is 0 Å². The van der Waals surface area contributed by atoms with Crippen LogP contribution in [0.1, 0.15) is 28.7 Å². The van der Waals surface area contributed by atoms with Crippen molar-refractivity contribution in [1.29, 1.82) is 0 Å². The van der Waals surface area contributed by atoms with Crippen molar-refractivity contribution in [2.24, 2.45) is 0 Å². The number of aliphatic hydroxyl groups excluding tert-OH is 1. The molecular weight excluding hydrogens is 238 g/mol. The summed E-state index contributed by atoms with van der Waals surface area (Å²) < 4.78 is 0. The van der Waals surface area contributed by atoms with Gasteiger partial charge in [0.15, 0.2) is 6.04 Å². The van der Waals surface area contributed by atoms with E-state index in [1.807, 2.05) is 0 Å². The molecule has 0 saturated carbocycles. The van der Waals surface area contributed by atoms with Crippen LogP contribution >= 0.6 is 0 Å². The molecule has 1 aromatic heterocycles. The van der Waals surface area contributed by atoms with Crippen LogP contribution in [0.3, 0.4) is 0 Å². The molecule has 1 heterocycles. The zero-order chi connectivity index (χ0) is 13.9. The van der Waals surface area contributed by atoms with Crippen LogP contribution in [0.4, 0.5) is 0 Å². The van der Waals surface area contributed by atoms with Crippen LogP contribution in [0.5, 0.6) is 0 Å². The standard InChI is InChI=1S/C11H15N3O4/c1-5-4-8(6(2)14-13-5)10(16)12-9(7(3)15)11(17)18/h4,7,9,15H,1-3H3,(H,12,16)(H,17,18)/t7-,9+/m1/s1. The topological polar surface area (TPSA) is 112 Å². The number of carbonyl (C=O) groups is 2. The highest BCUT2D eigenvalue weighted by Crippen LogP contribution is 2.06. The monoisotopic (exact) mass is 253 g/mol. The maximum atomic E-state index is 11.9. The van der Waals surface area contributed by atoms with Gasteiger partial charge in [-0.15, -0.1) is 0 Å². The van der Waals surface area contributed by atoms with E-state index in [1.165, 1.54) is 13.0 Å². The van der Waals surface area contributed by atoms with Gasteiger partial charge in [-0.3, -0.25) is 4.79 Å². The smallest absolute Gasteiger partial charge is 0.328 e. The van der Waals surface area contributed by atoms with Crippen LogP contribution in [0.15, 0.2) is 6.07 Å². The lowest BCUT2D eigenvalue weighted by molar-refractivity contribution is -0.141. The number of nitrogens with one attached hydrogen (secondary N) is 1. The number of hydrogen-bond donors (Lipinski definition) is 3. The van der Waals surface area contributed by atoms with Crippen molar-refractivity contribution in [2.75, 3.05) is 0 Å². The fraction of sp³-hybridized carbons (Fsp3) is 0.455. The number of carbonyl (C=O) groups excluding carboxylic acids is 1. The first-order valence-electron chi connectivity index (χ1n) is 5.35. The number of rotatable bonds is 4. The van der Waals surface area contributed by atoms with Gasteiger partial charge in [-0.1, -0.05) is 0 Å². The van der Waals surface area contributed by atoms with Crippen molar-refractivity contribution in [3.8, 4) is 0 Å². The molecule has 7 heteroatoms. The van der Waals surface area contributed by atoms with Gasteiger partial charge in [0.1, 0.15) is 0 Å². The number of carboxylic acid groups (broad SMARTS) is 1. The van der Waals surface area contributed by atoms with Gasteiger partial charge in [0.2, 0.25) is 0 Å². The van der Waals surface area contributed by atoms with Crippen molar-refractivity contribution < 1.29 is 19.8 Å². The lowest BCUT2D eigenvalue weighted by Gasteiger charge is -2.17. The summed E-state index contributed by atoms with van der Waals surface area (Å²) in [5.41, 5.74) is 1.19. The first-order valence-corrected chi connectivity index (χ1v) is 5.35. The van der Waals surface area contributed by atoms with Crippen molar-refractivity contribution in [2.45, 2.75) is 32.9 Å². The van der Waals surface area contributed by atoms with Gasteiger partial charge in [-0.25, -0.2) is 4.79 Å². The summed E-state index contributed by atoms with van der Waals surface area (Å²) in [6.45, 7) is 4.56. The van der Waals surface area contributed by atoms with Gasteiger partial charge in [0.05, 0.1) is 23.1 Å². The Labute approximate surface area is 104 Å². The number of hydrogen-bond acceptors (Lipinski definition) is 5. The Morgan fingerprint density at radius 2 is 1.94 bits per heavy atom. The summed E-state index contributed by atoms with van der Waals surface area (Å²) in [5, 5.41) is 27.9. The van der Waals surface area contributed by atoms with Crippen molar-refractivity contribution in [1.82, 2.24) is 15.5 Å². The summed E-state index contributed by atoms with van der Waals surface area (Å²) in [5.74, 6) is -1.89. The van der Waals surface area contributed by atoms with Crippen molar-refractivity contribution in [3.05, 3.63) is 23.0 Å². The lowest BCUT2D eigenvalue weighted by atomic mass is 10.1. The number of nitrogens with zero attached hydrogens (tertiary/aromatic N) is 2. The van der Waals surface area contributed by atoms with Crippen molar-refractivity contribution in [3.63, 3.8) is 0 Å². The highest BCUT2D eigenvalue weighted by atomic mass is 16.4.